The van der Waals surface area contributed by atoms with Gasteiger partial charge in [0.15, 0.2) is 0 Å². The van der Waals surface area contributed by atoms with E-state index in [4.69, 9.17) is 19.4 Å². The van der Waals surface area contributed by atoms with Gasteiger partial charge in [0.05, 0.1) is 56.2 Å². The number of imidazole rings is 2. The van der Waals surface area contributed by atoms with Gasteiger partial charge in [0, 0.05) is 62.1 Å². The first kappa shape index (κ1) is 48.7. The lowest BCUT2D eigenvalue weighted by molar-refractivity contribution is -0.572. The zero-order valence-corrected chi connectivity index (χ0v) is 44.6. The van der Waals surface area contributed by atoms with Crippen LogP contribution in [0.2, 0.25) is 0 Å². The molecule has 4 aromatic heterocycles. The van der Waals surface area contributed by atoms with Crippen LogP contribution in [0.25, 0.3) is 56.2 Å². The summed E-state index contributed by atoms with van der Waals surface area (Å²) in [7, 11) is 0. The number of pyridine rings is 2. The van der Waals surface area contributed by atoms with Gasteiger partial charge in [0.1, 0.15) is 23.0 Å². The van der Waals surface area contributed by atoms with Crippen LogP contribution in [0.3, 0.4) is 0 Å². The maximum atomic E-state index is 6.82. The highest BCUT2D eigenvalue weighted by atomic mass is 16.5. The van der Waals surface area contributed by atoms with Crippen molar-refractivity contribution in [1.29, 1.82) is 0 Å². The predicted octanol–water partition coefficient (Wildman–Crippen LogP) is 14.3. The van der Waals surface area contributed by atoms with Gasteiger partial charge in [-0.2, -0.15) is 0 Å². The van der Waals surface area contributed by atoms with E-state index in [2.05, 4.69) is 216 Å². The van der Waals surface area contributed by atoms with Crippen molar-refractivity contribution in [2.24, 2.45) is 0 Å². The Balaban J connectivity index is 0.855. The molecule has 0 saturated carbocycles. The Morgan fingerprint density at radius 3 is 1.20 bits per heavy atom. The van der Waals surface area contributed by atoms with Crippen LogP contribution >= 0.6 is 0 Å². The van der Waals surface area contributed by atoms with Crippen molar-refractivity contribution >= 4 is 33.4 Å². The molecule has 0 amide bonds. The van der Waals surface area contributed by atoms with Gasteiger partial charge in [-0.15, -0.1) is 0 Å². The van der Waals surface area contributed by atoms with Gasteiger partial charge >= 0.3 is 0 Å². The molecule has 2 aliphatic rings. The summed E-state index contributed by atoms with van der Waals surface area (Å²) in [5.74, 6) is 2.73. The molecule has 76 heavy (non-hydrogen) atoms. The minimum absolute atomic E-state index is 0.163. The van der Waals surface area contributed by atoms with Crippen LogP contribution in [0.15, 0.2) is 170 Å². The normalized spacial score (nSPS) is 14.4. The van der Waals surface area contributed by atoms with E-state index in [1.807, 2.05) is 24.3 Å². The highest BCUT2D eigenvalue weighted by Gasteiger charge is 2.24. The highest BCUT2D eigenvalue weighted by Crippen LogP contribution is 2.37. The lowest BCUT2D eigenvalue weighted by Crippen LogP contribution is -2.31. The number of benzene rings is 6. The number of nitrogens with zero attached hydrogens (tertiary/aromatic N) is 8. The van der Waals surface area contributed by atoms with Crippen LogP contribution in [0.4, 0.5) is 11.4 Å². The number of para-hydroxylation sites is 8. The lowest BCUT2D eigenvalue weighted by atomic mass is 9.86. The molecular formula is C66H66N8O2. The van der Waals surface area contributed by atoms with E-state index in [1.165, 1.54) is 49.9 Å². The minimum Gasteiger partial charge on any atom is -0.458 e. The number of piperidine rings is 2. The highest BCUT2D eigenvalue weighted by molar-refractivity contribution is 5.79. The largest absolute Gasteiger partial charge is 0.458 e. The van der Waals surface area contributed by atoms with Crippen molar-refractivity contribution in [3.05, 3.63) is 194 Å². The summed E-state index contributed by atoms with van der Waals surface area (Å²) < 4.78 is 22.4. The van der Waals surface area contributed by atoms with Crippen LogP contribution in [0.1, 0.15) is 91.2 Å². The Morgan fingerprint density at radius 2 is 0.789 bits per heavy atom. The summed E-state index contributed by atoms with van der Waals surface area (Å²) in [5.41, 5.74) is 14.2. The fraction of sp³-hybridized carbons (Fsp3) is 0.273. The third-order valence-electron chi connectivity index (χ3n) is 15.0. The summed E-state index contributed by atoms with van der Waals surface area (Å²) in [6, 6.07) is 55.3. The average Bonchev–Trinajstić information content (AvgIpc) is 4.12. The van der Waals surface area contributed by atoms with Crippen molar-refractivity contribution in [1.82, 2.24) is 19.1 Å². The Bertz CT molecular complexity index is 3490. The van der Waals surface area contributed by atoms with E-state index in [0.29, 0.717) is 22.9 Å². The molecule has 0 spiro atoms. The minimum atomic E-state index is -0.163. The van der Waals surface area contributed by atoms with E-state index in [-0.39, 0.29) is 10.8 Å². The fourth-order valence-corrected chi connectivity index (χ4v) is 10.9. The molecule has 0 unspecified atom stereocenters. The van der Waals surface area contributed by atoms with Crippen molar-refractivity contribution in [3.8, 4) is 57.1 Å². The third-order valence-corrected chi connectivity index (χ3v) is 15.0. The molecule has 2 fully saturated rings. The molecule has 10 heteroatoms. The molecule has 2 saturated heterocycles. The molecule has 12 rings (SSSR count). The van der Waals surface area contributed by atoms with Crippen LogP contribution in [-0.4, -0.2) is 45.3 Å². The Hall–Kier alpha value is -8.24. The summed E-state index contributed by atoms with van der Waals surface area (Å²) in [6.45, 7) is 17.7. The molecule has 6 aromatic carbocycles. The molecule has 10 aromatic rings. The molecule has 0 atom stereocenters. The molecule has 0 aliphatic carbocycles. The Labute approximate surface area is 447 Å². The summed E-state index contributed by atoms with van der Waals surface area (Å²) in [6.07, 6.45) is 18.5. The molecule has 0 radical (unpaired) electrons. The van der Waals surface area contributed by atoms with E-state index in [1.54, 1.807) is 12.4 Å². The molecule has 0 bridgehead atoms. The first-order valence-corrected chi connectivity index (χ1v) is 27.1. The number of rotatable bonds is 11. The number of hydrogen-bond donors (Lipinski definition) is 0. The van der Waals surface area contributed by atoms with Crippen molar-refractivity contribution < 1.29 is 18.6 Å². The van der Waals surface area contributed by atoms with E-state index >= 15 is 0 Å². The number of aromatic nitrogens is 6. The molecule has 382 valence electrons. The van der Waals surface area contributed by atoms with E-state index in [0.717, 1.165) is 93.6 Å². The summed E-state index contributed by atoms with van der Waals surface area (Å²) >= 11 is 0. The van der Waals surface area contributed by atoms with Crippen molar-refractivity contribution in [2.75, 3.05) is 36.0 Å². The van der Waals surface area contributed by atoms with Crippen LogP contribution in [-0.2, 0) is 10.8 Å². The zero-order chi connectivity index (χ0) is 52.0. The smallest absolute Gasteiger partial charge is 0.269 e. The molecule has 0 N–H and O–H groups in total. The van der Waals surface area contributed by atoms with E-state index < -0.39 is 0 Å². The van der Waals surface area contributed by atoms with Gasteiger partial charge in [-0.3, -0.25) is 28.2 Å². The van der Waals surface area contributed by atoms with Crippen LogP contribution in [0, 0.1) is 12.7 Å². The van der Waals surface area contributed by atoms with Gasteiger partial charge in [-0.25, -0.2) is 0 Å². The maximum absolute atomic E-state index is 6.82. The second kappa shape index (κ2) is 20.1. The number of ether oxygens (including phenoxy) is 2. The number of fused-ring (bicyclic) bond motifs is 2. The predicted molar refractivity (Wildman–Crippen MR) is 304 cm³/mol. The zero-order valence-electron chi connectivity index (χ0n) is 44.6. The third kappa shape index (κ3) is 9.80. The van der Waals surface area contributed by atoms with Gasteiger partial charge in [-0.1, -0.05) is 114 Å². The first-order valence-electron chi connectivity index (χ1n) is 27.1. The van der Waals surface area contributed by atoms with Crippen LogP contribution in [0.5, 0.6) is 23.0 Å². The molecule has 2 aliphatic heterocycles. The number of hydrogen-bond acceptors (Lipinski definition) is 6. The van der Waals surface area contributed by atoms with Gasteiger partial charge in [0.25, 0.3) is 12.7 Å². The van der Waals surface area contributed by atoms with Gasteiger partial charge in [-0.05, 0) is 133 Å². The topological polar surface area (TPSA) is 68.3 Å². The lowest BCUT2D eigenvalue weighted by Gasteiger charge is -2.30. The summed E-state index contributed by atoms with van der Waals surface area (Å²) in [4.78, 5) is 14.6. The monoisotopic (exact) mass is 1000 g/mol. The first-order chi connectivity index (χ1) is 36.9. The maximum Gasteiger partial charge on any atom is 0.269 e. The van der Waals surface area contributed by atoms with Gasteiger partial charge < -0.3 is 19.3 Å². The second-order valence-electron chi connectivity index (χ2n) is 22.5. The average molecular weight is 1000 g/mol. The van der Waals surface area contributed by atoms with Gasteiger partial charge in [0.2, 0.25) is 0 Å². The Kier molecular flexibility index (Phi) is 12.9. The summed E-state index contributed by atoms with van der Waals surface area (Å²) in [5, 5.41) is 0. The van der Waals surface area contributed by atoms with Crippen LogP contribution < -0.4 is 28.4 Å². The SMILES string of the molecule is CC(C)(C)c1cc(Oc2ccnc(-c3cc(Oc4cc(-[n+]5[c-]n(-c6ccccc6N6CCCCC6)c6ccccc65)cc(C(C)(C)C)c4)ccn3)c2)cc(-[n+]2[c-]n(-c3ccccc3N3CCCCC3)c3ccccc32)c1. The fourth-order valence-electron chi connectivity index (χ4n) is 10.9. The Morgan fingerprint density at radius 1 is 0.408 bits per heavy atom. The van der Waals surface area contributed by atoms with Crippen molar-refractivity contribution in [3.63, 3.8) is 0 Å². The molecular weight excluding hydrogens is 937 g/mol. The standard InChI is InChI=1S/C66H66N8O2/c1-65(2,3)47-37-49(71-45-73(63-27-15-13-25-61(63)71)59-23-11-9-21-57(59)69-33-17-7-18-34-69)41-53(39-47)75-51-29-31-67-55(43-51)56-44-52(30-32-68-56)76-54-40-48(66(4,5)6)38-50(42-54)72-46-74(64-28-16-14-26-62(64)72)60-24-12-10-22-58(60)70-35-19-8-20-36-70/h9-16,21-32,37-44H,7-8,17-20,33-36H2,1-6H3. The van der Waals surface area contributed by atoms with Crippen molar-refractivity contribution in [2.45, 2.75) is 90.9 Å². The quantitative estimate of drug-likeness (QED) is 0.0950. The van der Waals surface area contributed by atoms with E-state index in [9.17, 15) is 0 Å². The molecule has 10 nitrogen and oxygen atoms in total. The number of anilines is 2. The molecule has 6 heterocycles. The second-order valence-corrected chi connectivity index (χ2v) is 22.5.